The first kappa shape index (κ1) is 19.2. The summed E-state index contributed by atoms with van der Waals surface area (Å²) in [4.78, 5) is 14.2. The number of thioether (sulfide) groups is 2. The maximum Gasteiger partial charge on any atom is 0.220 e. The summed E-state index contributed by atoms with van der Waals surface area (Å²) in [7, 11) is 0. The van der Waals surface area contributed by atoms with E-state index < -0.39 is 0 Å². The van der Waals surface area contributed by atoms with Crippen LogP contribution in [0, 0.1) is 6.92 Å². The molecule has 1 N–H and O–H groups in total. The zero-order valence-electron chi connectivity index (χ0n) is 13.8. The maximum atomic E-state index is 11.8. The Morgan fingerprint density at radius 3 is 2.21 bits per heavy atom. The van der Waals surface area contributed by atoms with Gasteiger partial charge < -0.3 is 5.32 Å². The number of hydrogen-bond donors (Lipinski definition) is 1. The molecule has 5 heteroatoms. The van der Waals surface area contributed by atoms with Gasteiger partial charge in [0.1, 0.15) is 0 Å². The fourth-order valence-electron chi connectivity index (χ4n) is 2.04. The average molecular weight is 380 g/mol. The largest absolute Gasteiger partial charge is 0.355 e. The first-order valence-corrected chi connectivity index (χ1v) is 10.3. The molecule has 0 heterocycles. The third-order valence-electron chi connectivity index (χ3n) is 3.34. The standard InChI is InChI=1S/C19H22ClNOS2/c1-15-4-8-17(9-5-15)24-14-12-21-19(22)3-2-13-23-18-10-6-16(20)7-11-18/h4-11H,2-3,12-14H2,1H3,(H,21,22). The third-order valence-corrected chi connectivity index (χ3v) is 5.71. The zero-order chi connectivity index (χ0) is 17.2. The maximum absolute atomic E-state index is 11.8. The second kappa shape index (κ2) is 10.7. The zero-order valence-corrected chi connectivity index (χ0v) is 16.1. The molecule has 1 amide bonds. The van der Waals surface area contributed by atoms with Crippen LogP contribution in [0.5, 0.6) is 0 Å². The molecule has 0 unspecified atom stereocenters. The smallest absolute Gasteiger partial charge is 0.220 e. The number of rotatable bonds is 9. The van der Waals surface area contributed by atoms with Gasteiger partial charge in [0, 0.05) is 33.5 Å². The molecule has 128 valence electrons. The Morgan fingerprint density at radius 1 is 0.958 bits per heavy atom. The van der Waals surface area contributed by atoms with Crippen molar-refractivity contribution < 1.29 is 4.79 Å². The quantitative estimate of drug-likeness (QED) is 0.465. The Kier molecular flexibility index (Phi) is 8.57. The van der Waals surface area contributed by atoms with Crippen LogP contribution >= 0.6 is 35.1 Å². The van der Waals surface area contributed by atoms with Crippen LogP contribution in [-0.4, -0.2) is 24.0 Å². The lowest BCUT2D eigenvalue weighted by atomic mass is 10.2. The highest BCUT2D eigenvalue weighted by Crippen LogP contribution is 2.21. The van der Waals surface area contributed by atoms with E-state index in [2.05, 4.69) is 36.5 Å². The predicted octanol–water partition coefficient (Wildman–Crippen LogP) is 5.43. The number of aryl methyl sites for hydroxylation is 1. The lowest BCUT2D eigenvalue weighted by Gasteiger charge is -2.06. The number of halogens is 1. The number of nitrogens with one attached hydrogen (secondary N) is 1. The summed E-state index contributed by atoms with van der Waals surface area (Å²) in [5, 5.41) is 3.74. The van der Waals surface area contributed by atoms with Crippen LogP contribution < -0.4 is 5.32 Å². The molecule has 0 saturated carbocycles. The Bertz CT molecular complexity index is 573. The molecule has 2 nitrogen and oxygen atoms in total. The molecule has 0 aliphatic carbocycles. The number of carbonyl (C=O) groups is 1. The topological polar surface area (TPSA) is 29.1 Å². The molecule has 0 spiro atoms. The van der Waals surface area contributed by atoms with Crippen molar-refractivity contribution in [2.24, 2.45) is 0 Å². The second-order valence-corrected chi connectivity index (χ2v) is 8.19. The van der Waals surface area contributed by atoms with E-state index in [1.165, 1.54) is 15.4 Å². The van der Waals surface area contributed by atoms with Gasteiger partial charge in [-0.3, -0.25) is 4.79 Å². The van der Waals surface area contributed by atoms with Crippen LogP contribution in [0.15, 0.2) is 58.3 Å². The minimum Gasteiger partial charge on any atom is -0.355 e. The summed E-state index contributed by atoms with van der Waals surface area (Å²) in [6, 6.07) is 16.3. The second-order valence-electron chi connectivity index (χ2n) is 5.42. The Labute approximate surface area is 157 Å². The van der Waals surface area contributed by atoms with Crippen molar-refractivity contribution in [3.8, 4) is 0 Å². The van der Waals surface area contributed by atoms with Gasteiger partial charge in [-0.25, -0.2) is 0 Å². The van der Waals surface area contributed by atoms with Crippen molar-refractivity contribution in [3.05, 3.63) is 59.1 Å². The molecule has 0 atom stereocenters. The number of carbonyl (C=O) groups excluding carboxylic acids is 1. The molecule has 0 aliphatic heterocycles. The van der Waals surface area contributed by atoms with Gasteiger partial charge in [0.15, 0.2) is 0 Å². The average Bonchev–Trinajstić information content (AvgIpc) is 2.59. The Hall–Kier alpha value is -1.10. The van der Waals surface area contributed by atoms with Gasteiger partial charge in [0.05, 0.1) is 0 Å². The summed E-state index contributed by atoms with van der Waals surface area (Å²) in [5.41, 5.74) is 1.27. The first-order chi connectivity index (χ1) is 11.6. The van der Waals surface area contributed by atoms with Gasteiger partial charge in [-0.15, -0.1) is 23.5 Å². The molecule has 0 aromatic heterocycles. The van der Waals surface area contributed by atoms with Crippen LogP contribution in [0.1, 0.15) is 18.4 Å². The predicted molar refractivity (Wildman–Crippen MR) is 106 cm³/mol. The minimum atomic E-state index is 0.135. The first-order valence-electron chi connectivity index (χ1n) is 7.98. The van der Waals surface area contributed by atoms with Crippen molar-refractivity contribution in [1.82, 2.24) is 5.32 Å². The molecular formula is C19H22ClNOS2. The monoisotopic (exact) mass is 379 g/mol. The van der Waals surface area contributed by atoms with E-state index in [9.17, 15) is 4.79 Å². The molecule has 0 aliphatic rings. The third kappa shape index (κ3) is 7.65. The highest BCUT2D eigenvalue weighted by Gasteiger charge is 2.02. The summed E-state index contributed by atoms with van der Waals surface area (Å²) < 4.78 is 0. The van der Waals surface area contributed by atoms with Crippen LogP contribution in [-0.2, 0) is 4.79 Å². The Morgan fingerprint density at radius 2 is 1.54 bits per heavy atom. The van der Waals surface area contributed by atoms with Crippen molar-refractivity contribution >= 4 is 41.0 Å². The summed E-state index contributed by atoms with van der Waals surface area (Å²) in [6.07, 6.45) is 1.46. The van der Waals surface area contributed by atoms with E-state index in [-0.39, 0.29) is 5.91 Å². The van der Waals surface area contributed by atoms with Crippen molar-refractivity contribution in [2.75, 3.05) is 18.1 Å². The van der Waals surface area contributed by atoms with Gasteiger partial charge in [-0.1, -0.05) is 29.3 Å². The Balaban J connectivity index is 1.52. The molecule has 24 heavy (non-hydrogen) atoms. The molecule has 0 radical (unpaired) electrons. The van der Waals surface area contributed by atoms with Crippen molar-refractivity contribution in [2.45, 2.75) is 29.6 Å². The van der Waals surface area contributed by atoms with Crippen LogP contribution in [0.3, 0.4) is 0 Å². The summed E-state index contributed by atoms with van der Waals surface area (Å²) in [6.45, 7) is 2.79. The van der Waals surface area contributed by atoms with Gasteiger partial charge in [0.25, 0.3) is 0 Å². The molecule has 2 aromatic rings. The van der Waals surface area contributed by atoms with Crippen LogP contribution in [0.2, 0.25) is 5.02 Å². The van der Waals surface area contributed by atoms with E-state index in [4.69, 9.17) is 11.6 Å². The molecule has 2 aromatic carbocycles. The SMILES string of the molecule is Cc1ccc(SCCNC(=O)CCCSc2ccc(Cl)cc2)cc1. The van der Waals surface area contributed by atoms with E-state index in [1.807, 2.05) is 24.3 Å². The van der Waals surface area contributed by atoms with E-state index in [0.29, 0.717) is 13.0 Å². The van der Waals surface area contributed by atoms with Gasteiger partial charge in [-0.2, -0.15) is 0 Å². The highest BCUT2D eigenvalue weighted by atomic mass is 35.5. The van der Waals surface area contributed by atoms with Gasteiger partial charge in [0.2, 0.25) is 5.91 Å². The van der Waals surface area contributed by atoms with E-state index >= 15 is 0 Å². The normalized spacial score (nSPS) is 10.6. The molecule has 0 fully saturated rings. The minimum absolute atomic E-state index is 0.135. The lowest BCUT2D eigenvalue weighted by molar-refractivity contribution is -0.120. The van der Waals surface area contributed by atoms with Gasteiger partial charge >= 0.3 is 0 Å². The van der Waals surface area contributed by atoms with Crippen LogP contribution in [0.25, 0.3) is 0 Å². The lowest BCUT2D eigenvalue weighted by Crippen LogP contribution is -2.25. The van der Waals surface area contributed by atoms with Crippen molar-refractivity contribution in [3.63, 3.8) is 0 Å². The molecule has 0 bridgehead atoms. The number of hydrogen-bond acceptors (Lipinski definition) is 3. The molecular weight excluding hydrogens is 358 g/mol. The van der Waals surface area contributed by atoms with Gasteiger partial charge in [-0.05, 0) is 55.5 Å². The molecule has 2 rings (SSSR count). The summed E-state index contributed by atoms with van der Waals surface area (Å²) in [5.74, 6) is 1.97. The fraction of sp³-hybridized carbons (Fsp3) is 0.316. The van der Waals surface area contributed by atoms with E-state index in [0.717, 1.165) is 22.9 Å². The summed E-state index contributed by atoms with van der Waals surface area (Å²) >= 11 is 9.38. The number of benzene rings is 2. The van der Waals surface area contributed by atoms with Crippen molar-refractivity contribution in [1.29, 1.82) is 0 Å². The van der Waals surface area contributed by atoms with Crippen LogP contribution in [0.4, 0.5) is 0 Å². The highest BCUT2D eigenvalue weighted by molar-refractivity contribution is 7.99. The molecule has 0 saturated heterocycles. The fourth-order valence-corrected chi connectivity index (χ4v) is 3.78. The number of amides is 1. The van der Waals surface area contributed by atoms with E-state index in [1.54, 1.807) is 23.5 Å².